The molecule has 0 amide bonds. The van der Waals surface area contributed by atoms with Crippen LogP contribution >= 0.6 is 0 Å². The molecule has 1 saturated carbocycles. The second kappa shape index (κ2) is 7.35. The molecule has 1 aliphatic rings. The standard InChI is InChI=1S/C15H30.CH4/c1-13(2)14-10-8-6-5-7-9-11-15(3,4)12-14;/h13-14H,5-12H2,1-4H3;1H4. The summed E-state index contributed by atoms with van der Waals surface area (Å²) in [6.45, 7) is 9.77. The van der Waals surface area contributed by atoms with Crippen molar-refractivity contribution in [1.82, 2.24) is 0 Å². The van der Waals surface area contributed by atoms with E-state index in [9.17, 15) is 0 Å². The topological polar surface area (TPSA) is 0 Å². The number of rotatable bonds is 1. The van der Waals surface area contributed by atoms with Crippen LogP contribution in [0.4, 0.5) is 0 Å². The van der Waals surface area contributed by atoms with E-state index in [1.807, 2.05) is 0 Å². The van der Waals surface area contributed by atoms with E-state index in [-0.39, 0.29) is 7.43 Å². The Hall–Kier alpha value is 0. The minimum Gasteiger partial charge on any atom is -0.0776 e. The molecule has 1 fully saturated rings. The lowest BCUT2D eigenvalue weighted by atomic mass is 9.73. The number of hydrogen-bond donors (Lipinski definition) is 0. The van der Waals surface area contributed by atoms with Crippen LogP contribution < -0.4 is 0 Å². The minimum atomic E-state index is 0. The van der Waals surface area contributed by atoms with Crippen LogP contribution in [0, 0.1) is 17.3 Å². The Bertz CT molecular complexity index is 167. The molecule has 1 rings (SSSR count). The van der Waals surface area contributed by atoms with Gasteiger partial charge < -0.3 is 0 Å². The fourth-order valence-electron chi connectivity index (χ4n) is 3.02. The van der Waals surface area contributed by atoms with Gasteiger partial charge in [-0.25, -0.2) is 0 Å². The molecule has 0 heterocycles. The van der Waals surface area contributed by atoms with Crippen molar-refractivity contribution >= 4 is 0 Å². The third kappa shape index (κ3) is 5.92. The lowest BCUT2D eigenvalue weighted by molar-refractivity contribution is 0.187. The highest BCUT2D eigenvalue weighted by molar-refractivity contribution is 4.76. The number of hydrogen-bond acceptors (Lipinski definition) is 0. The molecule has 0 bridgehead atoms. The van der Waals surface area contributed by atoms with Gasteiger partial charge in [-0.3, -0.25) is 0 Å². The van der Waals surface area contributed by atoms with Gasteiger partial charge in [-0.15, -0.1) is 0 Å². The van der Waals surface area contributed by atoms with E-state index >= 15 is 0 Å². The Balaban J connectivity index is 0.00000225. The predicted molar refractivity (Wildman–Crippen MR) is 75.8 cm³/mol. The highest BCUT2D eigenvalue weighted by atomic mass is 14.3. The molecule has 0 aromatic carbocycles. The van der Waals surface area contributed by atoms with Crippen molar-refractivity contribution in [1.29, 1.82) is 0 Å². The van der Waals surface area contributed by atoms with Crippen LogP contribution in [-0.2, 0) is 0 Å². The van der Waals surface area contributed by atoms with Gasteiger partial charge in [0.25, 0.3) is 0 Å². The third-order valence-corrected chi connectivity index (χ3v) is 4.19. The van der Waals surface area contributed by atoms with Crippen molar-refractivity contribution in [3.8, 4) is 0 Å². The molecule has 0 radical (unpaired) electrons. The van der Waals surface area contributed by atoms with Crippen molar-refractivity contribution in [2.75, 3.05) is 0 Å². The first-order chi connectivity index (χ1) is 7.01. The summed E-state index contributed by atoms with van der Waals surface area (Å²) in [5, 5.41) is 0. The molecule has 0 N–H and O–H groups in total. The molecule has 0 heteroatoms. The normalized spacial score (nSPS) is 27.2. The monoisotopic (exact) mass is 226 g/mol. The van der Waals surface area contributed by atoms with Crippen LogP contribution in [0.3, 0.4) is 0 Å². The summed E-state index contributed by atoms with van der Waals surface area (Å²) in [4.78, 5) is 0. The first-order valence-electron chi connectivity index (χ1n) is 7.01. The van der Waals surface area contributed by atoms with Gasteiger partial charge >= 0.3 is 0 Å². The van der Waals surface area contributed by atoms with Gasteiger partial charge in [0.1, 0.15) is 0 Å². The van der Waals surface area contributed by atoms with Crippen molar-refractivity contribution in [2.24, 2.45) is 17.3 Å². The second-order valence-corrected chi connectivity index (χ2v) is 6.68. The van der Waals surface area contributed by atoms with Gasteiger partial charge in [0.05, 0.1) is 0 Å². The fraction of sp³-hybridized carbons (Fsp3) is 1.00. The molecule has 1 unspecified atom stereocenters. The molecule has 0 aromatic rings. The lowest BCUT2D eigenvalue weighted by Crippen LogP contribution is -2.21. The summed E-state index contributed by atoms with van der Waals surface area (Å²) in [5.41, 5.74) is 0.590. The summed E-state index contributed by atoms with van der Waals surface area (Å²) in [7, 11) is 0. The molecule has 16 heavy (non-hydrogen) atoms. The smallest absolute Gasteiger partial charge is 0.0351 e. The van der Waals surface area contributed by atoms with Crippen molar-refractivity contribution in [3.63, 3.8) is 0 Å². The SMILES string of the molecule is C.CC(C)C1CCCCCCCC(C)(C)C1. The Morgan fingerprint density at radius 3 is 2.12 bits per heavy atom. The van der Waals surface area contributed by atoms with Crippen LogP contribution in [0.1, 0.15) is 86.5 Å². The Kier molecular flexibility index (Phi) is 7.35. The Morgan fingerprint density at radius 2 is 1.50 bits per heavy atom. The summed E-state index contributed by atoms with van der Waals surface area (Å²) < 4.78 is 0. The van der Waals surface area contributed by atoms with Gasteiger partial charge in [-0.05, 0) is 30.1 Å². The van der Waals surface area contributed by atoms with Gasteiger partial charge in [0.2, 0.25) is 0 Å². The fourth-order valence-corrected chi connectivity index (χ4v) is 3.02. The van der Waals surface area contributed by atoms with Gasteiger partial charge in [-0.2, -0.15) is 0 Å². The molecule has 98 valence electrons. The molecule has 0 spiro atoms. The summed E-state index contributed by atoms with van der Waals surface area (Å²) >= 11 is 0. The zero-order chi connectivity index (χ0) is 11.3. The quantitative estimate of drug-likeness (QED) is 0.510. The van der Waals surface area contributed by atoms with E-state index in [0.717, 1.165) is 11.8 Å². The molecule has 0 saturated heterocycles. The van der Waals surface area contributed by atoms with E-state index in [4.69, 9.17) is 0 Å². The summed E-state index contributed by atoms with van der Waals surface area (Å²) in [5.74, 6) is 1.85. The predicted octanol–water partition coefficient (Wildman–Crippen LogP) is 6.06. The maximum absolute atomic E-state index is 2.48. The highest BCUT2D eigenvalue weighted by Crippen LogP contribution is 2.37. The molecule has 1 aliphatic carbocycles. The molecular formula is C16H34. The average Bonchev–Trinajstić information content (AvgIpc) is 2.14. The maximum atomic E-state index is 2.48. The van der Waals surface area contributed by atoms with Crippen LogP contribution in [-0.4, -0.2) is 0 Å². The molecule has 1 atom stereocenters. The van der Waals surface area contributed by atoms with Gasteiger partial charge in [0.15, 0.2) is 0 Å². The van der Waals surface area contributed by atoms with E-state index in [1.54, 1.807) is 0 Å². The average molecular weight is 226 g/mol. The third-order valence-electron chi connectivity index (χ3n) is 4.19. The van der Waals surface area contributed by atoms with Gasteiger partial charge in [-0.1, -0.05) is 73.6 Å². The Labute approximate surface area is 104 Å². The van der Waals surface area contributed by atoms with Crippen LogP contribution in [0.15, 0.2) is 0 Å². The molecule has 0 aliphatic heterocycles. The molecule has 0 aromatic heterocycles. The van der Waals surface area contributed by atoms with Crippen LogP contribution in [0.5, 0.6) is 0 Å². The summed E-state index contributed by atoms with van der Waals surface area (Å²) in [6, 6.07) is 0. The summed E-state index contributed by atoms with van der Waals surface area (Å²) in [6.07, 6.45) is 11.7. The highest BCUT2D eigenvalue weighted by Gasteiger charge is 2.25. The van der Waals surface area contributed by atoms with Crippen LogP contribution in [0.2, 0.25) is 0 Å². The maximum Gasteiger partial charge on any atom is -0.0351 e. The zero-order valence-electron chi connectivity index (χ0n) is 11.3. The van der Waals surface area contributed by atoms with E-state index in [0.29, 0.717) is 5.41 Å². The van der Waals surface area contributed by atoms with E-state index in [2.05, 4.69) is 27.7 Å². The molecular weight excluding hydrogens is 192 g/mol. The van der Waals surface area contributed by atoms with Crippen LogP contribution in [0.25, 0.3) is 0 Å². The minimum absolute atomic E-state index is 0. The van der Waals surface area contributed by atoms with Gasteiger partial charge in [0, 0.05) is 0 Å². The van der Waals surface area contributed by atoms with E-state index in [1.165, 1.54) is 51.4 Å². The largest absolute Gasteiger partial charge is 0.0776 e. The van der Waals surface area contributed by atoms with E-state index < -0.39 is 0 Å². The second-order valence-electron chi connectivity index (χ2n) is 6.68. The Morgan fingerprint density at radius 1 is 0.938 bits per heavy atom. The first-order valence-corrected chi connectivity index (χ1v) is 7.01. The zero-order valence-corrected chi connectivity index (χ0v) is 11.3. The van der Waals surface area contributed by atoms with Crippen molar-refractivity contribution in [3.05, 3.63) is 0 Å². The van der Waals surface area contributed by atoms with Crippen molar-refractivity contribution < 1.29 is 0 Å². The first kappa shape index (κ1) is 16.0. The van der Waals surface area contributed by atoms with Crippen molar-refractivity contribution in [2.45, 2.75) is 86.5 Å². The lowest BCUT2D eigenvalue weighted by Gasteiger charge is -2.33. The molecule has 0 nitrogen and oxygen atoms in total.